The third-order valence-electron chi connectivity index (χ3n) is 5.87. The lowest BCUT2D eigenvalue weighted by molar-refractivity contribution is -0.126. The third kappa shape index (κ3) is 5.22. The lowest BCUT2D eigenvalue weighted by Gasteiger charge is -2.32. The number of nitrogens with one attached hydrogen (secondary N) is 1. The summed E-state index contributed by atoms with van der Waals surface area (Å²) in [6.45, 7) is 1.53. The van der Waals surface area contributed by atoms with Crippen molar-refractivity contribution in [3.63, 3.8) is 0 Å². The molecule has 1 aliphatic rings. The van der Waals surface area contributed by atoms with Gasteiger partial charge in [-0.05, 0) is 43.4 Å². The average Bonchev–Trinajstić information content (AvgIpc) is 2.83. The highest BCUT2D eigenvalue weighted by Crippen LogP contribution is 2.27. The number of benzene rings is 1. The van der Waals surface area contributed by atoms with Crippen molar-refractivity contribution in [2.24, 2.45) is 5.92 Å². The van der Waals surface area contributed by atoms with Crippen LogP contribution in [0, 0.1) is 5.92 Å². The van der Waals surface area contributed by atoms with Gasteiger partial charge in [-0.3, -0.25) is 4.79 Å². The normalized spacial score (nSPS) is 14.5. The molecular weight excluding hydrogens is 426 g/mol. The smallest absolute Gasteiger partial charge is 0.223 e. The number of carbonyl (C=O) groups excluding carboxylic acids is 2. The van der Waals surface area contributed by atoms with Crippen molar-refractivity contribution in [2.45, 2.75) is 32.1 Å². The Morgan fingerprint density at radius 3 is 2.75 bits per heavy atom. The molecule has 2 aromatic heterocycles. The van der Waals surface area contributed by atoms with Crippen LogP contribution < -0.4 is 10.2 Å². The molecule has 1 amide bonds. The quantitative estimate of drug-likeness (QED) is 0.528. The molecule has 0 radical (unpaired) electrons. The van der Waals surface area contributed by atoms with E-state index in [0.29, 0.717) is 6.29 Å². The Hall–Kier alpha value is -3.06. The highest BCUT2D eigenvalue weighted by molar-refractivity contribution is 6.31. The molecule has 8 heteroatoms. The summed E-state index contributed by atoms with van der Waals surface area (Å²) in [5, 5.41) is 4.38. The van der Waals surface area contributed by atoms with Gasteiger partial charge in [0.25, 0.3) is 0 Å². The van der Waals surface area contributed by atoms with E-state index in [1.165, 1.54) is 0 Å². The monoisotopic (exact) mass is 451 g/mol. The summed E-state index contributed by atoms with van der Waals surface area (Å²) < 4.78 is 0. The number of aromatic nitrogens is 3. The Kier molecular flexibility index (Phi) is 7.27. The summed E-state index contributed by atoms with van der Waals surface area (Å²) in [5.41, 5.74) is 2.02. The van der Waals surface area contributed by atoms with E-state index < -0.39 is 0 Å². The Balaban J connectivity index is 1.39. The zero-order valence-electron chi connectivity index (χ0n) is 17.8. The first-order valence-electron chi connectivity index (χ1n) is 11.0. The van der Waals surface area contributed by atoms with Crippen LogP contribution in [0.2, 0.25) is 5.02 Å². The van der Waals surface area contributed by atoms with Crippen LogP contribution in [0.1, 0.15) is 30.7 Å². The molecule has 166 valence electrons. The molecule has 0 spiro atoms. The number of hydrogen-bond acceptors (Lipinski definition) is 6. The van der Waals surface area contributed by atoms with E-state index in [2.05, 4.69) is 26.3 Å². The molecule has 0 atom stereocenters. The zero-order chi connectivity index (χ0) is 22.3. The Morgan fingerprint density at radius 1 is 1.16 bits per heavy atom. The second-order valence-electron chi connectivity index (χ2n) is 7.97. The fourth-order valence-electron chi connectivity index (χ4n) is 4.13. The van der Waals surface area contributed by atoms with Gasteiger partial charge in [-0.25, -0.2) is 15.0 Å². The molecule has 32 heavy (non-hydrogen) atoms. The van der Waals surface area contributed by atoms with Crippen molar-refractivity contribution >= 4 is 40.5 Å². The maximum atomic E-state index is 12.1. The standard InChI is InChI=1S/C24H26ClN5O2/c25-20-6-2-1-4-17(20)5-3-7-22-28-16-19-21(29-22)8-11-26-23(19)30-13-9-18(10-14-30)24(32)27-12-15-31/h1-2,4,6,8,11,15-16,18H,3,5,7,9-10,12-14H2,(H,27,32). The van der Waals surface area contributed by atoms with Crippen molar-refractivity contribution in [3.05, 3.63) is 59.1 Å². The molecular formula is C24H26ClN5O2. The minimum absolute atomic E-state index is 0.0487. The summed E-state index contributed by atoms with van der Waals surface area (Å²) in [6.07, 6.45) is 8.38. The van der Waals surface area contributed by atoms with Gasteiger partial charge >= 0.3 is 0 Å². The number of pyridine rings is 1. The van der Waals surface area contributed by atoms with Crippen LogP contribution in [-0.2, 0) is 22.4 Å². The highest BCUT2D eigenvalue weighted by Gasteiger charge is 2.26. The number of aldehydes is 1. The second kappa shape index (κ2) is 10.5. The Morgan fingerprint density at radius 2 is 1.97 bits per heavy atom. The van der Waals surface area contributed by atoms with Gasteiger partial charge in [-0.15, -0.1) is 0 Å². The molecule has 3 heterocycles. The summed E-state index contributed by atoms with van der Waals surface area (Å²) in [4.78, 5) is 38.7. The molecule has 0 aliphatic carbocycles. The average molecular weight is 452 g/mol. The van der Waals surface area contributed by atoms with E-state index >= 15 is 0 Å². The summed E-state index contributed by atoms with van der Waals surface area (Å²) in [7, 11) is 0. The first-order valence-corrected chi connectivity index (χ1v) is 11.3. The van der Waals surface area contributed by atoms with Crippen LogP contribution in [0.3, 0.4) is 0 Å². The first kappa shape index (κ1) is 22.1. The maximum absolute atomic E-state index is 12.1. The molecule has 1 fully saturated rings. The van der Waals surface area contributed by atoms with Crippen molar-refractivity contribution in [3.8, 4) is 0 Å². The van der Waals surface area contributed by atoms with Crippen LogP contribution in [0.25, 0.3) is 10.9 Å². The molecule has 1 aliphatic heterocycles. The fraction of sp³-hybridized carbons (Fsp3) is 0.375. The minimum atomic E-state index is -0.0675. The van der Waals surface area contributed by atoms with E-state index in [-0.39, 0.29) is 18.4 Å². The number of piperidine rings is 1. The third-order valence-corrected chi connectivity index (χ3v) is 6.24. The lowest BCUT2D eigenvalue weighted by atomic mass is 9.95. The van der Waals surface area contributed by atoms with Gasteiger partial charge in [-0.1, -0.05) is 29.8 Å². The van der Waals surface area contributed by atoms with E-state index in [1.54, 1.807) is 6.20 Å². The van der Waals surface area contributed by atoms with Gasteiger partial charge in [0.15, 0.2) is 0 Å². The molecule has 0 unspecified atom stereocenters. The van der Waals surface area contributed by atoms with E-state index in [4.69, 9.17) is 16.6 Å². The van der Waals surface area contributed by atoms with Crippen molar-refractivity contribution in [1.29, 1.82) is 0 Å². The molecule has 0 saturated carbocycles. The molecule has 1 N–H and O–H groups in total. The van der Waals surface area contributed by atoms with Crippen LogP contribution in [0.4, 0.5) is 5.82 Å². The summed E-state index contributed by atoms with van der Waals surface area (Å²) >= 11 is 6.25. The molecule has 0 bridgehead atoms. The molecule has 1 aromatic carbocycles. The number of aryl methyl sites for hydroxylation is 2. The number of fused-ring (bicyclic) bond motifs is 1. The Bertz CT molecular complexity index is 1100. The number of anilines is 1. The number of rotatable bonds is 8. The number of amides is 1. The number of nitrogens with zero attached hydrogens (tertiary/aromatic N) is 4. The van der Waals surface area contributed by atoms with Gasteiger partial charge in [0.2, 0.25) is 5.91 Å². The van der Waals surface area contributed by atoms with Crippen molar-refractivity contribution in [2.75, 3.05) is 24.5 Å². The van der Waals surface area contributed by atoms with Crippen LogP contribution >= 0.6 is 11.6 Å². The molecule has 3 aromatic rings. The SMILES string of the molecule is O=CCNC(=O)C1CCN(c2nccc3nc(CCCc4ccccc4Cl)ncc23)CC1. The van der Waals surface area contributed by atoms with E-state index in [9.17, 15) is 9.59 Å². The predicted molar refractivity (Wildman–Crippen MR) is 125 cm³/mol. The van der Waals surface area contributed by atoms with E-state index in [0.717, 1.165) is 78.3 Å². The van der Waals surface area contributed by atoms with E-state index in [1.807, 2.05) is 30.5 Å². The van der Waals surface area contributed by atoms with Gasteiger partial charge in [-0.2, -0.15) is 0 Å². The maximum Gasteiger partial charge on any atom is 0.223 e. The molecule has 4 rings (SSSR count). The highest BCUT2D eigenvalue weighted by atomic mass is 35.5. The van der Waals surface area contributed by atoms with Crippen molar-refractivity contribution < 1.29 is 9.59 Å². The largest absolute Gasteiger partial charge is 0.356 e. The Labute approximate surface area is 192 Å². The van der Waals surface area contributed by atoms with Gasteiger partial charge < -0.3 is 15.0 Å². The van der Waals surface area contributed by atoms with Gasteiger partial charge in [0, 0.05) is 42.8 Å². The molecule has 7 nitrogen and oxygen atoms in total. The zero-order valence-corrected chi connectivity index (χ0v) is 18.6. The number of carbonyl (C=O) groups is 2. The topological polar surface area (TPSA) is 88.1 Å². The fourth-order valence-corrected chi connectivity index (χ4v) is 4.36. The number of halogens is 1. The van der Waals surface area contributed by atoms with Crippen LogP contribution in [0.5, 0.6) is 0 Å². The summed E-state index contributed by atoms with van der Waals surface area (Å²) in [6, 6.07) is 9.82. The second-order valence-corrected chi connectivity index (χ2v) is 8.38. The van der Waals surface area contributed by atoms with Crippen LogP contribution in [0.15, 0.2) is 42.7 Å². The minimum Gasteiger partial charge on any atom is -0.356 e. The predicted octanol–water partition coefficient (Wildman–Crippen LogP) is 3.39. The van der Waals surface area contributed by atoms with Crippen LogP contribution in [-0.4, -0.2) is 46.8 Å². The summed E-state index contributed by atoms with van der Waals surface area (Å²) in [5.74, 6) is 1.55. The first-order chi connectivity index (χ1) is 15.7. The number of hydrogen-bond donors (Lipinski definition) is 1. The van der Waals surface area contributed by atoms with Crippen molar-refractivity contribution in [1.82, 2.24) is 20.3 Å². The van der Waals surface area contributed by atoms with Gasteiger partial charge in [0.1, 0.15) is 17.9 Å². The molecule has 1 saturated heterocycles. The van der Waals surface area contributed by atoms with Gasteiger partial charge in [0.05, 0.1) is 17.4 Å². The lowest BCUT2D eigenvalue weighted by Crippen LogP contribution is -2.41.